The lowest BCUT2D eigenvalue weighted by Crippen LogP contribution is -2.47. The first-order valence-electron chi connectivity index (χ1n) is 12.1. The highest BCUT2D eigenvalue weighted by atomic mass is 16.5. The van der Waals surface area contributed by atoms with Gasteiger partial charge in [0.15, 0.2) is 0 Å². The van der Waals surface area contributed by atoms with E-state index in [1.807, 2.05) is 6.20 Å². The van der Waals surface area contributed by atoms with Gasteiger partial charge in [0.1, 0.15) is 17.2 Å². The van der Waals surface area contributed by atoms with Crippen LogP contribution in [0.1, 0.15) is 40.6 Å². The number of ether oxygens (including phenoxy) is 1. The molecule has 1 saturated heterocycles. The van der Waals surface area contributed by atoms with Crippen LogP contribution in [0, 0.1) is 34.6 Å². The van der Waals surface area contributed by atoms with E-state index in [9.17, 15) is 0 Å². The quantitative estimate of drug-likeness (QED) is 0.558. The summed E-state index contributed by atoms with van der Waals surface area (Å²) in [6, 6.07) is 8.92. The monoisotopic (exact) mass is 444 g/mol. The number of hydrogen-bond donors (Lipinski definition) is 0. The molecule has 33 heavy (non-hydrogen) atoms. The summed E-state index contributed by atoms with van der Waals surface area (Å²) < 4.78 is 8.87. The van der Waals surface area contributed by atoms with Crippen LogP contribution in [0.4, 0.5) is 11.4 Å². The highest BCUT2D eigenvalue weighted by Crippen LogP contribution is 2.46. The fourth-order valence-electron chi connectivity index (χ4n) is 5.61. The van der Waals surface area contributed by atoms with Crippen LogP contribution in [-0.2, 0) is 13.0 Å². The van der Waals surface area contributed by atoms with Crippen molar-refractivity contribution < 1.29 is 4.74 Å². The van der Waals surface area contributed by atoms with Crippen molar-refractivity contribution in [3.05, 3.63) is 70.3 Å². The van der Waals surface area contributed by atoms with E-state index in [0.29, 0.717) is 0 Å². The number of aryl methyl sites for hydroxylation is 2. The summed E-state index contributed by atoms with van der Waals surface area (Å²) in [6.07, 6.45) is 4.86. The molecule has 5 heteroatoms. The number of fused-ring (bicyclic) bond motifs is 1. The van der Waals surface area contributed by atoms with Gasteiger partial charge in [0.2, 0.25) is 0 Å². The molecule has 1 atom stereocenters. The Morgan fingerprint density at radius 3 is 2.18 bits per heavy atom. The van der Waals surface area contributed by atoms with Crippen LogP contribution in [0.3, 0.4) is 0 Å². The van der Waals surface area contributed by atoms with E-state index in [1.54, 1.807) is 0 Å². The van der Waals surface area contributed by atoms with Gasteiger partial charge in [-0.05, 0) is 70.4 Å². The van der Waals surface area contributed by atoms with Crippen LogP contribution in [0.5, 0.6) is 5.75 Å². The molecule has 2 aromatic carbocycles. The fraction of sp³-hybridized carbons (Fsp3) is 0.464. The standard InChI is InChI=1S/C28H36N4O/c1-19-7-9-24(10-8-19)30-13-15-31(16-14-30)26-20(2)21(3)27-25(22(26)4)17-28(6,33-27)18-32-12-11-29-23(32)5/h7-12H,13-18H2,1-6H3. The molecule has 174 valence electrons. The van der Waals surface area contributed by atoms with Crippen molar-refractivity contribution in [1.29, 1.82) is 0 Å². The van der Waals surface area contributed by atoms with E-state index >= 15 is 0 Å². The van der Waals surface area contributed by atoms with Crippen molar-refractivity contribution in [2.75, 3.05) is 36.0 Å². The topological polar surface area (TPSA) is 33.5 Å². The second kappa shape index (κ2) is 8.12. The van der Waals surface area contributed by atoms with Crippen molar-refractivity contribution in [3.8, 4) is 5.75 Å². The van der Waals surface area contributed by atoms with E-state index in [1.165, 1.54) is 39.2 Å². The molecule has 0 spiro atoms. The summed E-state index contributed by atoms with van der Waals surface area (Å²) in [5.74, 6) is 2.14. The zero-order chi connectivity index (χ0) is 23.3. The fourth-order valence-corrected chi connectivity index (χ4v) is 5.61. The number of imidazole rings is 1. The van der Waals surface area contributed by atoms with Crippen LogP contribution in [0.2, 0.25) is 0 Å². The van der Waals surface area contributed by atoms with Crippen molar-refractivity contribution in [1.82, 2.24) is 9.55 Å². The normalized spacial score (nSPS) is 20.2. The first-order chi connectivity index (χ1) is 15.8. The van der Waals surface area contributed by atoms with Gasteiger partial charge >= 0.3 is 0 Å². The molecule has 3 aromatic rings. The van der Waals surface area contributed by atoms with E-state index in [0.717, 1.165) is 50.7 Å². The lowest BCUT2D eigenvalue weighted by atomic mass is 9.91. The molecule has 1 aromatic heterocycles. The number of hydrogen-bond acceptors (Lipinski definition) is 4. The predicted molar refractivity (Wildman–Crippen MR) is 136 cm³/mol. The number of rotatable bonds is 4. The minimum absolute atomic E-state index is 0.251. The molecule has 0 N–H and O–H groups in total. The van der Waals surface area contributed by atoms with Crippen molar-refractivity contribution in [2.45, 2.75) is 60.1 Å². The Balaban J connectivity index is 1.38. The Bertz CT molecular complexity index is 1170. The van der Waals surface area contributed by atoms with E-state index < -0.39 is 0 Å². The highest BCUT2D eigenvalue weighted by molar-refractivity contribution is 5.70. The largest absolute Gasteiger partial charge is 0.485 e. The van der Waals surface area contributed by atoms with Gasteiger partial charge in [0.05, 0.1) is 6.54 Å². The number of anilines is 2. The summed E-state index contributed by atoms with van der Waals surface area (Å²) in [7, 11) is 0. The minimum Gasteiger partial charge on any atom is -0.485 e. The summed E-state index contributed by atoms with van der Waals surface area (Å²) in [6.45, 7) is 18.2. The Hall–Kier alpha value is -2.95. The first kappa shape index (κ1) is 21.9. The minimum atomic E-state index is -0.251. The van der Waals surface area contributed by atoms with Gasteiger partial charge in [-0.3, -0.25) is 0 Å². The van der Waals surface area contributed by atoms with Gasteiger partial charge in [-0.15, -0.1) is 0 Å². The van der Waals surface area contributed by atoms with E-state index in [-0.39, 0.29) is 5.60 Å². The van der Waals surface area contributed by atoms with Gasteiger partial charge in [-0.25, -0.2) is 4.98 Å². The third-order valence-corrected chi connectivity index (χ3v) is 7.66. The molecular weight excluding hydrogens is 408 g/mol. The maximum absolute atomic E-state index is 6.67. The molecule has 2 aliphatic rings. The van der Waals surface area contributed by atoms with Crippen LogP contribution in [0.15, 0.2) is 36.7 Å². The van der Waals surface area contributed by atoms with Crippen LogP contribution < -0.4 is 14.5 Å². The van der Waals surface area contributed by atoms with Gasteiger partial charge in [-0.1, -0.05) is 17.7 Å². The lowest BCUT2D eigenvalue weighted by Gasteiger charge is -2.39. The summed E-state index contributed by atoms with van der Waals surface area (Å²) >= 11 is 0. The van der Waals surface area contributed by atoms with E-state index in [2.05, 4.69) is 91.4 Å². The van der Waals surface area contributed by atoms with Gasteiger partial charge in [0, 0.05) is 61.9 Å². The first-order valence-corrected chi connectivity index (χ1v) is 12.1. The number of benzene rings is 2. The van der Waals surface area contributed by atoms with Gasteiger partial charge in [-0.2, -0.15) is 0 Å². The van der Waals surface area contributed by atoms with E-state index in [4.69, 9.17) is 4.74 Å². The molecular formula is C28H36N4O. The van der Waals surface area contributed by atoms with Crippen molar-refractivity contribution in [3.63, 3.8) is 0 Å². The Kier molecular flexibility index (Phi) is 5.38. The molecule has 2 aliphatic heterocycles. The molecule has 0 radical (unpaired) electrons. The smallest absolute Gasteiger partial charge is 0.128 e. The Morgan fingerprint density at radius 1 is 0.879 bits per heavy atom. The SMILES string of the molecule is Cc1ccc(N2CCN(c3c(C)c(C)c4c(c3C)CC(C)(Cn3ccnc3C)O4)CC2)cc1. The predicted octanol–water partition coefficient (Wildman–Crippen LogP) is 5.15. The third-order valence-electron chi connectivity index (χ3n) is 7.66. The van der Waals surface area contributed by atoms with Crippen LogP contribution >= 0.6 is 0 Å². The zero-order valence-electron chi connectivity index (χ0n) is 20.9. The highest BCUT2D eigenvalue weighted by Gasteiger charge is 2.39. The Morgan fingerprint density at radius 2 is 1.55 bits per heavy atom. The van der Waals surface area contributed by atoms with Crippen molar-refractivity contribution in [2.24, 2.45) is 0 Å². The Labute approximate surface area is 198 Å². The summed E-state index contributed by atoms with van der Waals surface area (Å²) in [5, 5.41) is 0. The lowest BCUT2D eigenvalue weighted by molar-refractivity contribution is 0.0936. The second-order valence-corrected chi connectivity index (χ2v) is 10.2. The molecule has 0 bridgehead atoms. The van der Waals surface area contributed by atoms with Gasteiger partial charge < -0.3 is 19.1 Å². The zero-order valence-corrected chi connectivity index (χ0v) is 20.9. The maximum Gasteiger partial charge on any atom is 0.128 e. The number of piperazine rings is 1. The molecule has 0 aliphatic carbocycles. The molecule has 1 fully saturated rings. The second-order valence-electron chi connectivity index (χ2n) is 10.2. The molecule has 0 saturated carbocycles. The van der Waals surface area contributed by atoms with Gasteiger partial charge in [0.25, 0.3) is 0 Å². The molecule has 5 nitrogen and oxygen atoms in total. The summed E-state index contributed by atoms with van der Waals surface area (Å²) in [5.41, 5.74) is 9.24. The van der Waals surface area contributed by atoms with Crippen molar-refractivity contribution >= 4 is 11.4 Å². The average molecular weight is 445 g/mol. The molecule has 1 unspecified atom stereocenters. The van der Waals surface area contributed by atoms with Crippen LogP contribution in [-0.4, -0.2) is 41.3 Å². The average Bonchev–Trinajstić information content (AvgIpc) is 3.36. The number of aromatic nitrogens is 2. The molecule has 5 rings (SSSR count). The summed E-state index contributed by atoms with van der Waals surface area (Å²) in [4.78, 5) is 9.50. The van der Waals surface area contributed by atoms with Crippen LogP contribution in [0.25, 0.3) is 0 Å². The maximum atomic E-state index is 6.67. The molecule has 0 amide bonds. The third kappa shape index (κ3) is 3.88. The number of nitrogens with zero attached hydrogens (tertiary/aromatic N) is 4. The molecule has 3 heterocycles.